The number of hydrogen-bond acceptors (Lipinski definition) is 6. The van der Waals surface area contributed by atoms with Crippen molar-refractivity contribution in [1.29, 1.82) is 5.26 Å². The number of nitrogens with zero attached hydrogens (tertiary/aromatic N) is 6. The second kappa shape index (κ2) is 7.11. The van der Waals surface area contributed by atoms with E-state index in [1.54, 1.807) is 36.8 Å². The molecule has 1 aromatic carbocycles. The van der Waals surface area contributed by atoms with E-state index in [0.717, 1.165) is 43.7 Å². The molecular formula is C24H20FN7. The lowest BCUT2D eigenvalue weighted by atomic mass is 10.0. The monoisotopic (exact) mass is 425 g/mol. The second-order valence-electron chi connectivity index (χ2n) is 8.36. The predicted molar refractivity (Wildman–Crippen MR) is 119 cm³/mol. The molecule has 2 aliphatic rings. The van der Waals surface area contributed by atoms with Gasteiger partial charge in [-0.15, -0.1) is 0 Å². The zero-order valence-electron chi connectivity index (χ0n) is 17.3. The smallest absolute Gasteiger partial charge is 0.151 e. The maximum atomic E-state index is 14.9. The summed E-state index contributed by atoms with van der Waals surface area (Å²) < 4.78 is 16.8. The molecule has 0 radical (unpaired) electrons. The van der Waals surface area contributed by atoms with Crippen LogP contribution in [0.25, 0.3) is 28.0 Å². The molecule has 3 aromatic heterocycles. The zero-order chi connectivity index (χ0) is 21.7. The van der Waals surface area contributed by atoms with Crippen LogP contribution in [0.15, 0.2) is 55.1 Å². The van der Waals surface area contributed by atoms with Gasteiger partial charge in [0.05, 0.1) is 22.6 Å². The molecule has 158 valence electrons. The highest BCUT2D eigenvalue weighted by molar-refractivity contribution is 6.02. The second-order valence-corrected chi connectivity index (χ2v) is 8.36. The first-order valence-electron chi connectivity index (χ1n) is 10.7. The Hall–Kier alpha value is -3.83. The largest absolute Gasteiger partial charge is 0.348 e. The average Bonchev–Trinajstić information content (AvgIpc) is 3.49. The number of piperazine rings is 1. The molecular weight excluding hydrogens is 405 g/mol. The summed E-state index contributed by atoms with van der Waals surface area (Å²) in [5.41, 5.74) is 2.41. The number of aromatic nitrogens is 4. The first-order chi connectivity index (χ1) is 15.7. The SMILES string of the molecule is N#Cc1ccnc(-n2cc(-c3ccccc3F)c3c(N4CCNCC45CC5)ncnc32)c1. The van der Waals surface area contributed by atoms with E-state index in [0.29, 0.717) is 28.2 Å². The minimum Gasteiger partial charge on any atom is -0.348 e. The van der Waals surface area contributed by atoms with Gasteiger partial charge in [-0.1, -0.05) is 18.2 Å². The third-order valence-electron chi connectivity index (χ3n) is 6.47. The molecule has 0 bridgehead atoms. The molecule has 0 amide bonds. The van der Waals surface area contributed by atoms with Crippen LogP contribution in [-0.4, -0.2) is 44.7 Å². The Bertz CT molecular complexity index is 1380. The number of nitrogens with one attached hydrogen (secondary N) is 1. The van der Waals surface area contributed by atoms with Crippen molar-refractivity contribution in [2.24, 2.45) is 0 Å². The van der Waals surface area contributed by atoms with Crippen molar-refractivity contribution in [2.75, 3.05) is 24.5 Å². The van der Waals surface area contributed by atoms with Crippen LogP contribution in [0, 0.1) is 17.1 Å². The average molecular weight is 425 g/mol. The lowest BCUT2D eigenvalue weighted by molar-refractivity contribution is 0.461. The number of nitriles is 1. The van der Waals surface area contributed by atoms with Gasteiger partial charge in [0, 0.05) is 43.2 Å². The fourth-order valence-corrected chi connectivity index (χ4v) is 4.69. The van der Waals surface area contributed by atoms with Crippen LogP contribution in [0.4, 0.5) is 10.2 Å². The van der Waals surface area contributed by atoms with Crippen molar-refractivity contribution in [3.8, 4) is 23.0 Å². The van der Waals surface area contributed by atoms with Gasteiger partial charge in [-0.05, 0) is 31.0 Å². The Balaban J connectivity index is 1.65. The predicted octanol–water partition coefficient (Wildman–Crippen LogP) is 3.44. The van der Waals surface area contributed by atoms with Crippen LogP contribution in [0.3, 0.4) is 0 Å². The third kappa shape index (κ3) is 2.86. The van der Waals surface area contributed by atoms with Gasteiger partial charge in [0.15, 0.2) is 5.65 Å². The Kier molecular flexibility index (Phi) is 4.20. The van der Waals surface area contributed by atoms with E-state index in [1.165, 1.54) is 6.07 Å². The molecule has 32 heavy (non-hydrogen) atoms. The van der Waals surface area contributed by atoms with Gasteiger partial charge >= 0.3 is 0 Å². The summed E-state index contributed by atoms with van der Waals surface area (Å²) in [6.45, 7) is 2.62. The van der Waals surface area contributed by atoms with Crippen molar-refractivity contribution >= 4 is 16.9 Å². The third-order valence-corrected chi connectivity index (χ3v) is 6.47. The van der Waals surface area contributed by atoms with E-state index < -0.39 is 0 Å². The van der Waals surface area contributed by atoms with Crippen molar-refractivity contribution in [3.05, 3.63) is 66.5 Å². The highest BCUT2D eigenvalue weighted by atomic mass is 19.1. The summed E-state index contributed by atoms with van der Waals surface area (Å²) >= 11 is 0. The van der Waals surface area contributed by atoms with Gasteiger partial charge < -0.3 is 10.2 Å². The highest BCUT2D eigenvalue weighted by Crippen LogP contribution is 2.47. The van der Waals surface area contributed by atoms with Crippen molar-refractivity contribution < 1.29 is 4.39 Å². The summed E-state index contributed by atoms with van der Waals surface area (Å²) in [6, 6.07) is 12.3. The lowest BCUT2D eigenvalue weighted by Crippen LogP contribution is -2.53. The summed E-state index contributed by atoms with van der Waals surface area (Å²) in [6.07, 6.45) is 7.22. The van der Waals surface area contributed by atoms with Crippen LogP contribution in [0.5, 0.6) is 0 Å². The van der Waals surface area contributed by atoms with Crippen LogP contribution < -0.4 is 10.2 Å². The normalized spacial score (nSPS) is 16.9. The Morgan fingerprint density at radius 1 is 1.09 bits per heavy atom. The fourth-order valence-electron chi connectivity index (χ4n) is 4.69. The van der Waals surface area contributed by atoms with E-state index in [2.05, 4.69) is 26.3 Å². The molecule has 7 nitrogen and oxygen atoms in total. The summed E-state index contributed by atoms with van der Waals surface area (Å²) in [4.78, 5) is 16.1. The van der Waals surface area contributed by atoms with E-state index >= 15 is 0 Å². The van der Waals surface area contributed by atoms with Crippen molar-refractivity contribution in [2.45, 2.75) is 18.4 Å². The Labute approximate surface area is 184 Å². The first kappa shape index (κ1) is 18.9. The number of hydrogen-bond donors (Lipinski definition) is 1. The maximum Gasteiger partial charge on any atom is 0.151 e. The molecule has 1 saturated heterocycles. The highest BCUT2D eigenvalue weighted by Gasteiger charge is 2.50. The molecule has 1 saturated carbocycles. The Morgan fingerprint density at radius 2 is 1.97 bits per heavy atom. The van der Waals surface area contributed by atoms with Crippen LogP contribution >= 0.6 is 0 Å². The zero-order valence-corrected chi connectivity index (χ0v) is 17.3. The molecule has 6 rings (SSSR count). The summed E-state index contributed by atoms with van der Waals surface area (Å²) in [5, 5.41) is 13.6. The lowest BCUT2D eigenvalue weighted by Gasteiger charge is -2.38. The Morgan fingerprint density at radius 3 is 2.78 bits per heavy atom. The van der Waals surface area contributed by atoms with Gasteiger partial charge in [-0.2, -0.15) is 5.26 Å². The standard InChI is InChI=1S/C24H20FN7/c25-19-4-2-1-3-17(19)18-13-31(20-11-16(12-26)5-8-28-20)22-21(18)23(30-15-29-22)32-10-9-27-14-24(32)6-7-24/h1-5,8,11,13,15,27H,6-7,9-10,14H2. The molecule has 1 aliphatic carbocycles. The maximum absolute atomic E-state index is 14.9. The summed E-state index contributed by atoms with van der Waals surface area (Å²) in [5.74, 6) is 1.08. The fraction of sp³-hybridized carbons (Fsp3) is 0.250. The van der Waals surface area contributed by atoms with Crippen molar-refractivity contribution in [3.63, 3.8) is 0 Å². The minimum absolute atomic E-state index is 0.0626. The quantitative estimate of drug-likeness (QED) is 0.542. The molecule has 4 aromatic rings. The minimum atomic E-state index is -0.304. The molecule has 1 aliphatic heterocycles. The van der Waals surface area contributed by atoms with Gasteiger partial charge in [0.1, 0.15) is 23.8 Å². The van der Waals surface area contributed by atoms with Gasteiger partial charge in [-0.3, -0.25) is 4.57 Å². The van der Waals surface area contributed by atoms with Gasteiger partial charge in [-0.25, -0.2) is 19.3 Å². The molecule has 2 fully saturated rings. The van der Waals surface area contributed by atoms with Crippen molar-refractivity contribution in [1.82, 2.24) is 24.8 Å². The number of pyridine rings is 1. The van der Waals surface area contributed by atoms with Crippen LogP contribution in [0.2, 0.25) is 0 Å². The van der Waals surface area contributed by atoms with E-state index in [-0.39, 0.29) is 11.4 Å². The van der Waals surface area contributed by atoms with E-state index in [4.69, 9.17) is 4.98 Å². The molecule has 1 spiro atoms. The number of halogens is 1. The molecule has 4 heterocycles. The number of rotatable bonds is 3. The van der Waals surface area contributed by atoms with Crippen LogP contribution in [0.1, 0.15) is 18.4 Å². The first-order valence-corrected chi connectivity index (χ1v) is 10.7. The van der Waals surface area contributed by atoms with E-state index in [9.17, 15) is 9.65 Å². The molecule has 0 atom stereocenters. The number of fused-ring (bicyclic) bond motifs is 1. The molecule has 1 N–H and O–H groups in total. The van der Waals surface area contributed by atoms with Gasteiger partial charge in [0.25, 0.3) is 0 Å². The van der Waals surface area contributed by atoms with E-state index in [1.807, 2.05) is 16.8 Å². The van der Waals surface area contributed by atoms with Crippen LogP contribution in [-0.2, 0) is 0 Å². The number of benzene rings is 1. The molecule has 0 unspecified atom stereocenters. The molecule has 8 heteroatoms. The number of anilines is 1. The van der Waals surface area contributed by atoms with Gasteiger partial charge in [0.2, 0.25) is 0 Å². The summed E-state index contributed by atoms with van der Waals surface area (Å²) in [7, 11) is 0. The topological polar surface area (TPSA) is 82.7 Å².